The van der Waals surface area contributed by atoms with Crippen LogP contribution in [0.2, 0.25) is 0 Å². The second kappa shape index (κ2) is 44.7. The van der Waals surface area contributed by atoms with Crippen LogP contribution in [0.3, 0.4) is 0 Å². The van der Waals surface area contributed by atoms with Crippen LogP contribution in [0.15, 0.2) is 4.99 Å². The summed E-state index contributed by atoms with van der Waals surface area (Å²) < 4.78 is 6.08. The van der Waals surface area contributed by atoms with Gasteiger partial charge in [0.25, 0.3) is 0 Å². The summed E-state index contributed by atoms with van der Waals surface area (Å²) >= 11 is 0. The van der Waals surface area contributed by atoms with E-state index < -0.39 is 0 Å². The van der Waals surface area contributed by atoms with E-state index >= 15 is 0 Å². The van der Waals surface area contributed by atoms with Crippen LogP contribution in [0.25, 0.3) is 0 Å². The van der Waals surface area contributed by atoms with E-state index in [9.17, 15) is 10.1 Å². The van der Waals surface area contributed by atoms with Crippen LogP contribution in [0.1, 0.15) is 239 Å². The SMILES string of the molecule is CCCCCCCCCCCCCCCCN(CCCCCCCC(=O)OC(CCCCCCC)CCCCCCCC)CCCN=C(NC#N)N(C)CCN(C)C. The largest absolute Gasteiger partial charge is 0.462 e. The van der Waals surface area contributed by atoms with Crippen molar-refractivity contribution in [3.63, 3.8) is 0 Å². The fourth-order valence-corrected chi connectivity index (χ4v) is 7.88. The van der Waals surface area contributed by atoms with Gasteiger partial charge in [-0.3, -0.25) is 15.1 Å². The van der Waals surface area contributed by atoms with Crippen molar-refractivity contribution in [3.8, 4) is 6.19 Å². The van der Waals surface area contributed by atoms with Gasteiger partial charge < -0.3 is 19.4 Å². The van der Waals surface area contributed by atoms with Gasteiger partial charge in [-0.15, -0.1) is 0 Å². The van der Waals surface area contributed by atoms with Crippen molar-refractivity contribution >= 4 is 11.9 Å². The molecule has 0 aromatic carbocycles. The number of unbranched alkanes of at least 4 members (excludes halogenated alkanes) is 26. The molecule has 0 aliphatic heterocycles. The Balaban J connectivity index is 4.66. The molecule has 1 unspecified atom stereocenters. The zero-order valence-corrected chi connectivity index (χ0v) is 39.9. The first kappa shape index (κ1) is 56.1. The number of hydrogen-bond donors (Lipinski definition) is 1. The van der Waals surface area contributed by atoms with Crippen molar-refractivity contribution in [1.82, 2.24) is 20.0 Å². The Labute approximate surface area is 362 Å². The summed E-state index contributed by atoms with van der Waals surface area (Å²) in [7, 11) is 6.13. The Kier molecular flexibility index (Phi) is 43.3. The molecule has 0 saturated carbocycles. The van der Waals surface area contributed by atoms with E-state index in [4.69, 9.17) is 9.73 Å². The predicted octanol–water partition coefficient (Wildman–Crippen LogP) is 13.4. The number of rotatable bonds is 44. The number of ether oxygens (including phenoxy) is 1. The standard InChI is InChI=1S/C50H100N6O2/c1-7-10-13-16-18-19-20-21-22-23-24-25-30-35-42-56(44-37-41-52-50(53-47-51)55(6)46-45-54(4)5)43-36-31-26-29-34-40-49(57)58-48(38-32-27-15-12-9-3)39-33-28-17-14-11-8-2/h48H,7-46H2,1-6H3,(H,52,53). The lowest BCUT2D eigenvalue weighted by Crippen LogP contribution is -2.40. The number of guanidine groups is 1. The second-order valence-corrected chi connectivity index (χ2v) is 17.8. The maximum atomic E-state index is 12.9. The van der Waals surface area contributed by atoms with Crippen LogP contribution in [-0.4, -0.2) is 93.1 Å². The summed E-state index contributed by atoms with van der Waals surface area (Å²) in [5.74, 6) is 0.700. The van der Waals surface area contributed by atoms with E-state index in [1.54, 1.807) is 0 Å². The molecule has 8 nitrogen and oxygen atoms in total. The van der Waals surface area contributed by atoms with Gasteiger partial charge in [0.15, 0.2) is 6.19 Å². The smallest absolute Gasteiger partial charge is 0.306 e. The van der Waals surface area contributed by atoms with Gasteiger partial charge in [-0.1, -0.05) is 181 Å². The summed E-state index contributed by atoms with van der Waals surface area (Å²) in [5.41, 5.74) is 0. The highest BCUT2D eigenvalue weighted by Crippen LogP contribution is 2.19. The van der Waals surface area contributed by atoms with Crippen LogP contribution in [0, 0.1) is 11.5 Å². The molecule has 0 aromatic rings. The number of carbonyl (C=O) groups excluding carboxylic acids is 1. The summed E-state index contributed by atoms with van der Waals surface area (Å²) in [4.78, 5) is 24.5. The first-order valence-corrected chi connectivity index (χ1v) is 25.3. The van der Waals surface area contributed by atoms with Crippen molar-refractivity contribution in [2.24, 2.45) is 4.99 Å². The van der Waals surface area contributed by atoms with Crippen LogP contribution in [0.4, 0.5) is 0 Å². The van der Waals surface area contributed by atoms with Crippen LogP contribution < -0.4 is 5.32 Å². The Morgan fingerprint density at radius 1 is 0.534 bits per heavy atom. The molecule has 0 heterocycles. The van der Waals surface area contributed by atoms with Gasteiger partial charge in [0.1, 0.15) is 6.10 Å². The van der Waals surface area contributed by atoms with Gasteiger partial charge in [0, 0.05) is 33.1 Å². The molecule has 0 rings (SSSR count). The van der Waals surface area contributed by atoms with Gasteiger partial charge in [0.05, 0.1) is 0 Å². The molecule has 0 fully saturated rings. The van der Waals surface area contributed by atoms with E-state index in [1.807, 2.05) is 11.9 Å². The van der Waals surface area contributed by atoms with Gasteiger partial charge in [0.2, 0.25) is 5.96 Å². The molecule has 342 valence electrons. The molecule has 58 heavy (non-hydrogen) atoms. The molecular weight excluding hydrogens is 717 g/mol. The first-order valence-electron chi connectivity index (χ1n) is 25.3. The molecule has 0 bridgehead atoms. The number of carbonyl (C=O) groups is 1. The minimum atomic E-state index is 0.0311. The fraction of sp³-hybridized carbons (Fsp3) is 0.940. The molecule has 0 aliphatic carbocycles. The number of nitriles is 1. The molecule has 0 radical (unpaired) electrons. The number of hydrogen-bond acceptors (Lipinski definition) is 6. The fourth-order valence-electron chi connectivity index (χ4n) is 7.88. The highest BCUT2D eigenvalue weighted by molar-refractivity contribution is 5.81. The third-order valence-corrected chi connectivity index (χ3v) is 11.8. The van der Waals surface area contributed by atoms with Crippen molar-refractivity contribution < 1.29 is 9.53 Å². The van der Waals surface area contributed by atoms with Crippen molar-refractivity contribution in [2.45, 2.75) is 245 Å². The Bertz CT molecular complexity index is 938. The first-order chi connectivity index (χ1) is 28.4. The Morgan fingerprint density at radius 2 is 0.931 bits per heavy atom. The molecule has 0 aromatic heterocycles. The summed E-state index contributed by atoms with van der Waals surface area (Å²) in [6.07, 6.45) is 45.0. The third-order valence-electron chi connectivity index (χ3n) is 11.8. The van der Waals surface area contributed by atoms with E-state index in [0.29, 0.717) is 12.4 Å². The normalized spacial score (nSPS) is 12.4. The highest BCUT2D eigenvalue weighted by atomic mass is 16.5. The van der Waals surface area contributed by atoms with Gasteiger partial charge in [-0.2, -0.15) is 5.26 Å². The lowest BCUT2D eigenvalue weighted by Gasteiger charge is -2.23. The summed E-state index contributed by atoms with van der Waals surface area (Å²) in [6.45, 7) is 12.6. The maximum absolute atomic E-state index is 12.9. The van der Waals surface area contributed by atoms with E-state index in [1.165, 1.54) is 180 Å². The second-order valence-electron chi connectivity index (χ2n) is 17.8. The predicted molar refractivity (Wildman–Crippen MR) is 253 cm³/mol. The van der Waals surface area contributed by atoms with Crippen LogP contribution in [0.5, 0.6) is 0 Å². The van der Waals surface area contributed by atoms with Gasteiger partial charge in [-0.25, -0.2) is 0 Å². The highest BCUT2D eigenvalue weighted by Gasteiger charge is 2.14. The molecule has 8 heteroatoms. The minimum absolute atomic E-state index is 0.0311. The van der Waals surface area contributed by atoms with E-state index in [2.05, 4.69) is 56.2 Å². The lowest BCUT2D eigenvalue weighted by molar-refractivity contribution is -0.150. The maximum Gasteiger partial charge on any atom is 0.306 e. The summed E-state index contributed by atoms with van der Waals surface area (Å²) in [5, 5.41) is 12.1. The number of nitrogens with zero attached hydrogens (tertiary/aromatic N) is 5. The molecular formula is C50H100N6O2. The Hall–Kier alpha value is -1.85. The quantitative estimate of drug-likeness (QED) is 0.0164. The number of esters is 1. The minimum Gasteiger partial charge on any atom is -0.462 e. The number of aliphatic imine (C=N–C) groups is 1. The monoisotopic (exact) mass is 817 g/mol. The van der Waals surface area contributed by atoms with Gasteiger partial charge >= 0.3 is 5.97 Å². The number of likely N-dealkylation sites (N-methyl/N-ethyl adjacent to an activating group) is 2. The van der Waals surface area contributed by atoms with Gasteiger partial charge in [-0.05, 0) is 85.1 Å². The van der Waals surface area contributed by atoms with E-state index in [0.717, 1.165) is 71.4 Å². The molecule has 0 spiro atoms. The van der Waals surface area contributed by atoms with Crippen LogP contribution in [-0.2, 0) is 9.53 Å². The van der Waals surface area contributed by atoms with Crippen molar-refractivity contribution in [1.29, 1.82) is 5.26 Å². The van der Waals surface area contributed by atoms with Crippen molar-refractivity contribution in [3.05, 3.63) is 0 Å². The average molecular weight is 817 g/mol. The van der Waals surface area contributed by atoms with Crippen LogP contribution >= 0.6 is 0 Å². The molecule has 1 atom stereocenters. The molecule has 0 amide bonds. The average Bonchev–Trinajstić information content (AvgIpc) is 3.21. The number of nitrogens with one attached hydrogen (secondary N) is 1. The van der Waals surface area contributed by atoms with Crippen molar-refractivity contribution in [2.75, 3.05) is 60.4 Å². The zero-order chi connectivity index (χ0) is 42.6. The summed E-state index contributed by atoms with van der Waals surface area (Å²) in [6, 6.07) is 0. The molecule has 1 N–H and O–H groups in total. The van der Waals surface area contributed by atoms with E-state index in [-0.39, 0.29) is 12.1 Å². The molecule has 0 saturated heterocycles. The zero-order valence-electron chi connectivity index (χ0n) is 39.9. The Morgan fingerprint density at radius 3 is 1.36 bits per heavy atom. The topological polar surface area (TPSA) is 84.2 Å². The molecule has 0 aliphatic rings. The lowest BCUT2D eigenvalue weighted by atomic mass is 10.0. The third kappa shape index (κ3) is 39.6.